The Morgan fingerprint density at radius 3 is 2.93 bits per heavy atom. The van der Waals surface area contributed by atoms with E-state index in [4.69, 9.17) is 21.1 Å². The highest BCUT2D eigenvalue weighted by atomic mass is 35.5. The molecule has 84 valence electrons. The van der Waals surface area contributed by atoms with Crippen LogP contribution in [0.1, 0.15) is 19.5 Å². The van der Waals surface area contributed by atoms with Gasteiger partial charge in [-0.15, -0.1) is 11.6 Å². The number of hydrogen-bond acceptors (Lipinski definition) is 3. The van der Waals surface area contributed by atoms with E-state index in [0.29, 0.717) is 25.0 Å². The Morgan fingerprint density at radius 2 is 2.27 bits per heavy atom. The lowest BCUT2D eigenvalue weighted by Crippen LogP contribution is -2.19. The Balaban J connectivity index is 2.48. The highest BCUT2D eigenvalue weighted by Gasteiger charge is 2.05. The van der Waals surface area contributed by atoms with Gasteiger partial charge in [-0.2, -0.15) is 0 Å². The third-order valence-corrected chi connectivity index (χ3v) is 2.07. The van der Waals surface area contributed by atoms with Gasteiger partial charge in [0.15, 0.2) is 0 Å². The number of ether oxygens (including phenoxy) is 2. The highest BCUT2D eigenvalue weighted by Crippen LogP contribution is 2.11. The van der Waals surface area contributed by atoms with E-state index in [1.807, 2.05) is 32.0 Å². The molecular formula is C11H16ClNO2. The maximum absolute atomic E-state index is 5.68. The summed E-state index contributed by atoms with van der Waals surface area (Å²) in [6.45, 7) is 5.18. The molecule has 1 rings (SSSR count). The molecule has 0 aromatic carbocycles. The number of nitrogens with zero attached hydrogens (tertiary/aromatic N) is 1. The summed E-state index contributed by atoms with van der Waals surface area (Å²) in [5.74, 6) is 0.997. The molecule has 3 nitrogen and oxygen atoms in total. The topological polar surface area (TPSA) is 31.4 Å². The molecule has 15 heavy (non-hydrogen) atoms. The fourth-order valence-corrected chi connectivity index (χ4v) is 1.27. The van der Waals surface area contributed by atoms with E-state index >= 15 is 0 Å². The van der Waals surface area contributed by atoms with Gasteiger partial charge in [0.05, 0.1) is 18.2 Å². The van der Waals surface area contributed by atoms with Gasteiger partial charge in [0.1, 0.15) is 6.10 Å². The molecule has 1 aromatic heterocycles. The molecule has 0 saturated carbocycles. The summed E-state index contributed by atoms with van der Waals surface area (Å²) >= 11 is 5.68. The molecular weight excluding hydrogens is 214 g/mol. The van der Waals surface area contributed by atoms with E-state index in [1.165, 1.54) is 0 Å². The Bertz CT molecular complexity index is 294. The lowest BCUT2D eigenvalue weighted by molar-refractivity contribution is 0.0633. The molecule has 0 aliphatic heterocycles. The zero-order valence-electron chi connectivity index (χ0n) is 9.07. The molecule has 1 unspecified atom stereocenters. The van der Waals surface area contributed by atoms with Crippen molar-refractivity contribution in [1.29, 1.82) is 0 Å². The van der Waals surface area contributed by atoms with Gasteiger partial charge < -0.3 is 9.47 Å². The van der Waals surface area contributed by atoms with Crippen LogP contribution in [0.3, 0.4) is 0 Å². The molecule has 0 saturated heterocycles. The zero-order chi connectivity index (χ0) is 11.1. The fraction of sp³-hybridized carbons (Fsp3) is 0.545. The molecule has 0 radical (unpaired) electrons. The minimum Gasteiger partial charge on any atom is -0.472 e. The summed E-state index contributed by atoms with van der Waals surface area (Å²) in [7, 11) is 0. The quantitative estimate of drug-likeness (QED) is 0.703. The van der Waals surface area contributed by atoms with E-state index in [2.05, 4.69) is 4.98 Å². The number of hydrogen-bond donors (Lipinski definition) is 0. The van der Waals surface area contributed by atoms with Crippen molar-refractivity contribution >= 4 is 11.6 Å². The molecule has 1 heterocycles. The standard InChI is InChI=1S/C11H16ClNO2/c1-3-14-8-9(2)15-11-6-4-5-10(7-12)13-11/h4-6,9H,3,7-8H2,1-2H3. The van der Waals surface area contributed by atoms with E-state index < -0.39 is 0 Å². The van der Waals surface area contributed by atoms with Gasteiger partial charge in [0.2, 0.25) is 5.88 Å². The predicted octanol–water partition coefficient (Wildman–Crippen LogP) is 2.62. The van der Waals surface area contributed by atoms with Crippen LogP contribution in [-0.2, 0) is 10.6 Å². The summed E-state index contributed by atoms with van der Waals surface area (Å²) < 4.78 is 10.8. The second-order valence-corrected chi connectivity index (χ2v) is 3.46. The van der Waals surface area contributed by atoms with Crippen molar-refractivity contribution in [3.63, 3.8) is 0 Å². The summed E-state index contributed by atoms with van der Waals surface area (Å²) in [5.41, 5.74) is 0.817. The van der Waals surface area contributed by atoms with Crippen LogP contribution in [0.2, 0.25) is 0 Å². The van der Waals surface area contributed by atoms with Gasteiger partial charge in [-0.25, -0.2) is 4.98 Å². The van der Waals surface area contributed by atoms with Gasteiger partial charge in [0, 0.05) is 12.7 Å². The first-order valence-electron chi connectivity index (χ1n) is 5.02. The van der Waals surface area contributed by atoms with Gasteiger partial charge in [-0.1, -0.05) is 6.07 Å². The van der Waals surface area contributed by atoms with Crippen LogP contribution in [0.5, 0.6) is 5.88 Å². The Kier molecular flexibility index (Phi) is 5.43. The van der Waals surface area contributed by atoms with Crippen molar-refractivity contribution in [2.24, 2.45) is 0 Å². The second kappa shape index (κ2) is 6.64. The third-order valence-electron chi connectivity index (χ3n) is 1.80. The molecule has 0 fully saturated rings. The summed E-state index contributed by atoms with van der Waals surface area (Å²) in [5, 5.41) is 0. The Labute approximate surface area is 95.4 Å². The van der Waals surface area contributed by atoms with Crippen LogP contribution in [0.15, 0.2) is 18.2 Å². The molecule has 0 aliphatic rings. The first kappa shape index (κ1) is 12.3. The fourth-order valence-electron chi connectivity index (χ4n) is 1.12. The van der Waals surface area contributed by atoms with Crippen LogP contribution >= 0.6 is 11.6 Å². The van der Waals surface area contributed by atoms with Crippen LogP contribution in [0, 0.1) is 0 Å². The number of alkyl halides is 1. The maximum Gasteiger partial charge on any atom is 0.213 e. The lowest BCUT2D eigenvalue weighted by Gasteiger charge is -2.13. The molecule has 0 spiro atoms. The summed E-state index contributed by atoms with van der Waals surface area (Å²) in [6.07, 6.45) is 0.00280. The predicted molar refractivity (Wildman–Crippen MR) is 60.4 cm³/mol. The van der Waals surface area contributed by atoms with Crippen molar-refractivity contribution in [2.75, 3.05) is 13.2 Å². The normalized spacial score (nSPS) is 12.5. The summed E-state index contributed by atoms with van der Waals surface area (Å²) in [4.78, 5) is 4.23. The van der Waals surface area contributed by atoms with Gasteiger partial charge >= 0.3 is 0 Å². The van der Waals surface area contributed by atoms with Gasteiger partial charge in [0.25, 0.3) is 0 Å². The molecule has 0 aliphatic carbocycles. The lowest BCUT2D eigenvalue weighted by atomic mass is 10.4. The average molecular weight is 230 g/mol. The second-order valence-electron chi connectivity index (χ2n) is 3.19. The van der Waals surface area contributed by atoms with E-state index in [0.717, 1.165) is 5.69 Å². The van der Waals surface area contributed by atoms with Crippen molar-refractivity contribution in [3.05, 3.63) is 23.9 Å². The molecule has 0 amide bonds. The number of halogens is 1. The number of pyridine rings is 1. The van der Waals surface area contributed by atoms with Crippen molar-refractivity contribution < 1.29 is 9.47 Å². The highest BCUT2D eigenvalue weighted by molar-refractivity contribution is 6.16. The number of aromatic nitrogens is 1. The van der Waals surface area contributed by atoms with Gasteiger partial charge in [-0.3, -0.25) is 0 Å². The molecule has 1 aromatic rings. The third kappa shape index (κ3) is 4.49. The van der Waals surface area contributed by atoms with Crippen LogP contribution < -0.4 is 4.74 Å². The largest absolute Gasteiger partial charge is 0.472 e. The van der Waals surface area contributed by atoms with Crippen molar-refractivity contribution in [3.8, 4) is 5.88 Å². The zero-order valence-corrected chi connectivity index (χ0v) is 9.83. The minimum absolute atomic E-state index is 0.00280. The van der Waals surface area contributed by atoms with Crippen molar-refractivity contribution in [2.45, 2.75) is 25.8 Å². The molecule has 1 atom stereocenters. The van der Waals surface area contributed by atoms with Gasteiger partial charge in [-0.05, 0) is 19.9 Å². The summed E-state index contributed by atoms with van der Waals surface area (Å²) in [6, 6.07) is 5.57. The first-order chi connectivity index (χ1) is 7.26. The average Bonchev–Trinajstić information content (AvgIpc) is 2.26. The molecule has 0 N–H and O–H groups in total. The Morgan fingerprint density at radius 1 is 1.47 bits per heavy atom. The maximum atomic E-state index is 5.68. The SMILES string of the molecule is CCOCC(C)Oc1cccc(CCl)n1. The van der Waals surface area contributed by atoms with Crippen LogP contribution in [0.25, 0.3) is 0 Å². The molecule has 4 heteroatoms. The monoisotopic (exact) mass is 229 g/mol. The number of rotatable bonds is 6. The smallest absolute Gasteiger partial charge is 0.213 e. The first-order valence-corrected chi connectivity index (χ1v) is 5.56. The van der Waals surface area contributed by atoms with E-state index in [-0.39, 0.29) is 6.10 Å². The van der Waals surface area contributed by atoms with E-state index in [1.54, 1.807) is 0 Å². The molecule has 0 bridgehead atoms. The minimum atomic E-state index is 0.00280. The van der Waals surface area contributed by atoms with E-state index in [9.17, 15) is 0 Å². The van der Waals surface area contributed by atoms with Crippen LogP contribution in [0.4, 0.5) is 0 Å². The van der Waals surface area contributed by atoms with Crippen molar-refractivity contribution in [1.82, 2.24) is 4.98 Å². The van der Waals surface area contributed by atoms with Crippen LogP contribution in [-0.4, -0.2) is 24.3 Å². The Hall–Kier alpha value is -0.800.